The van der Waals surface area contributed by atoms with E-state index in [0.717, 1.165) is 4.31 Å². The van der Waals surface area contributed by atoms with E-state index in [2.05, 4.69) is 0 Å². The molecular weight excluding hydrogens is 336 g/mol. The van der Waals surface area contributed by atoms with Gasteiger partial charge in [0.2, 0.25) is 10.0 Å². The lowest BCUT2D eigenvalue weighted by molar-refractivity contribution is 0.466. The lowest BCUT2D eigenvalue weighted by Crippen LogP contribution is -2.26. The maximum absolute atomic E-state index is 12.9. The third-order valence-corrected chi connectivity index (χ3v) is 5.42. The van der Waals surface area contributed by atoms with Crippen LogP contribution in [0.5, 0.6) is 0 Å². The second kappa shape index (κ2) is 6.32. The van der Waals surface area contributed by atoms with Crippen molar-refractivity contribution in [2.24, 2.45) is 0 Å². The Kier molecular flexibility index (Phi) is 4.88. The molecule has 0 N–H and O–H groups in total. The summed E-state index contributed by atoms with van der Waals surface area (Å²) < 4.78 is 39.0. The van der Waals surface area contributed by atoms with Gasteiger partial charge in [-0.15, -0.1) is 0 Å². The van der Waals surface area contributed by atoms with E-state index in [1.54, 1.807) is 0 Å². The third kappa shape index (κ3) is 3.74. The maximum Gasteiger partial charge on any atom is 0.244 e. The number of rotatable bonds is 4. The van der Waals surface area contributed by atoms with Gasteiger partial charge in [0.25, 0.3) is 0 Å². The summed E-state index contributed by atoms with van der Waals surface area (Å²) in [4.78, 5) is -0.0544. The zero-order chi connectivity index (χ0) is 15.6. The van der Waals surface area contributed by atoms with E-state index in [1.807, 2.05) is 0 Å². The van der Waals surface area contributed by atoms with Crippen LogP contribution in [-0.2, 0) is 16.6 Å². The van der Waals surface area contributed by atoms with Crippen molar-refractivity contribution in [3.05, 3.63) is 63.9 Å². The Morgan fingerprint density at radius 2 is 1.71 bits per heavy atom. The van der Waals surface area contributed by atoms with Crippen LogP contribution in [0.2, 0.25) is 10.0 Å². The summed E-state index contributed by atoms with van der Waals surface area (Å²) in [5.74, 6) is -0.373. The zero-order valence-corrected chi connectivity index (χ0v) is 13.4. The average molecular weight is 348 g/mol. The minimum Gasteiger partial charge on any atom is -0.207 e. The molecule has 2 aromatic rings. The van der Waals surface area contributed by atoms with Gasteiger partial charge in [-0.1, -0.05) is 35.3 Å². The van der Waals surface area contributed by atoms with Crippen LogP contribution in [0, 0.1) is 5.82 Å². The molecule has 0 aliphatic rings. The summed E-state index contributed by atoms with van der Waals surface area (Å²) in [6.07, 6.45) is 0. The Bertz CT molecular complexity index is 748. The number of nitrogens with zero attached hydrogens (tertiary/aromatic N) is 1. The SMILES string of the molecule is CN(Cc1ccc(F)cc1)S(=O)(=O)c1cc(Cl)ccc1Cl. The molecule has 0 saturated heterocycles. The molecule has 0 aliphatic heterocycles. The van der Waals surface area contributed by atoms with Gasteiger partial charge in [-0.2, -0.15) is 4.31 Å². The molecule has 3 nitrogen and oxygen atoms in total. The van der Waals surface area contributed by atoms with Crippen molar-refractivity contribution in [3.63, 3.8) is 0 Å². The molecule has 0 fully saturated rings. The zero-order valence-electron chi connectivity index (χ0n) is 11.1. The fourth-order valence-electron chi connectivity index (χ4n) is 1.77. The molecule has 0 heterocycles. The number of halogens is 3. The number of benzene rings is 2. The van der Waals surface area contributed by atoms with Gasteiger partial charge in [-0.05, 0) is 35.9 Å². The molecule has 0 radical (unpaired) electrons. The fourth-order valence-corrected chi connectivity index (χ4v) is 3.67. The maximum atomic E-state index is 12.9. The van der Waals surface area contributed by atoms with Gasteiger partial charge in [0.1, 0.15) is 10.7 Å². The highest BCUT2D eigenvalue weighted by Crippen LogP contribution is 2.27. The van der Waals surface area contributed by atoms with Crippen LogP contribution in [0.3, 0.4) is 0 Å². The summed E-state index contributed by atoms with van der Waals surface area (Å²) >= 11 is 11.8. The minimum atomic E-state index is -3.78. The predicted octanol–water partition coefficient (Wildman–Crippen LogP) is 3.95. The Morgan fingerprint density at radius 3 is 2.33 bits per heavy atom. The second-order valence-electron chi connectivity index (χ2n) is 4.46. The van der Waals surface area contributed by atoms with E-state index in [1.165, 1.54) is 49.5 Å². The van der Waals surface area contributed by atoms with Crippen molar-refractivity contribution in [2.75, 3.05) is 7.05 Å². The van der Waals surface area contributed by atoms with E-state index in [4.69, 9.17) is 23.2 Å². The van der Waals surface area contributed by atoms with Crippen molar-refractivity contribution in [1.29, 1.82) is 0 Å². The normalized spacial score (nSPS) is 11.9. The standard InChI is InChI=1S/C14H12Cl2FNO2S/c1-18(9-10-2-5-12(17)6-3-10)21(19,20)14-8-11(15)4-7-13(14)16/h2-8H,9H2,1H3. The van der Waals surface area contributed by atoms with Crippen molar-refractivity contribution in [2.45, 2.75) is 11.4 Å². The lowest BCUT2D eigenvalue weighted by Gasteiger charge is -2.18. The van der Waals surface area contributed by atoms with Crippen molar-refractivity contribution in [1.82, 2.24) is 4.31 Å². The molecule has 0 aliphatic carbocycles. The van der Waals surface area contributed by atoms with Gasteiger partial charge in [0, 0.05) is 18.6 Å². The van der Waals surface area contributed by atoms with Crippen LogP contribution in [0.1, 0.15) is 5.56 Å². The molecule has 0 spiro atoms. The second-order valence-corrected chi connectivity index (χ2v) is 7.32. The Hall–Kier alpha value is -1.14. The van der Waals surface area contributed by atoms with Crippen LogP contribution in [0.4, 0.5) is 4.39 Å². The van der Waals surface area contributed by atoms with Crippen LogP contribution in [-0.4, -0.2) is 19.8 Å². The van der Waals surface area contributed by atoms with E-state index < -0.39 is 10.0 Å². The fraction of sp³-hybridized carbons (Fsp3) is 0.143. The van der Waals surface area contributed by atoms with E-state index in [0.29, 0.717) is 5.56 Å². The molecule has 7 heteroatoms. The molecule has 0 unspecified atom stereocenters. The van der Waals surface area contributed by atoms with E-state index >= 15 is 0 Å². The van der Waals surface area contributed by atoms with Crippen molar-refractivity contribution < 1.29 is 12.8 Å². The monoisotopic (exact) mass is 347 g/mol. The molecule has 0 atom stereocenters. The summed E-state index contributed by atoms with van der Waals surface area (Å²) in [7, 11) is -2.35. The molecule has 2 rings (SSSR count). The van der Waals surface area contributed by atoms with Gasteiger partial charge < -0.3 is 0 Å². The quantitative estimate of drug-likeness (QED) is 0.839. The highest BCUT2D eigenvalue weighted by atomic mass is 35.5. The molecule has 2 aromatic carbocycles. The van der Waals surface area contributed by atoms with Crippen molar-refractivity contribution in [3.8, 4) is 0 Å². The van der Waals surface area contributed by atoms with Gasteiger partial charge in [0.15, 0.2) is 0 Å². The van der Waals surface area contributed by atoms with Crippen LogP contribution in [0.25, 0.3) is 0 Å². The summed E-state index contributed by atoms with van der Waals surface area (Å²) in [6.45, 7) is 0.103. The smallest absolute Gasteiger partial charge is 0.207 e. The molecule has 0 amide bonds. The Balaban J connectivity index is 2.30. The summed E-state index contributed by atoms with van der Waals surface area (Å²) in [6, 6.07) is 9.87. The van der Waals surface area contributed by atoms with Crippen LogP contribution >= 0.6 is 23.2 Å². The Labute approximate surface area is 133 Å². The minimum absolute atomic E-state index is 0.0544. The Morgan fingerprint density at radius 1 is 1.10 bits per heavy atom. The topological polar surface area (TPSA) is 37.4 Å². The van der Waals surface area contributed by atoms with E-state index in [9.17, 15) is 12.8 Å². The summed E-state index contributed by atoms with van der Waals surface area (Å²) in [5, 5.41) is 0.388. The van der Waals surface area contributed by atoms with Crippen molar-refractivity contribution >= 4 is 33.2 Å². The van der Waals surface area contributed by atoms with Gasteiger partial charge in [0.05, 0.1) is 5.02 Å². The molecule has 21 heavy (non-hydrogen) atoms. The molecule has 112 valence electrons. The first-order chi connectivity index (χ1) is 9.80. The van der Waals surface area contributed by atoms with E-state index in [-0.39, 0.29) is 27.3 Å². The highest BCUT2D eigenvalue weighted by Gasteiger charge is 2.24. The highest BCUT2D eigenvalue weighted by molar-refractivity contribution is 7.89. The molecular formula is C14H12Cl2FNO2S. The number of hydrogen-bond acceptors (Lipinski definition) is 2. The van der Waals surface area contributed by atoms with Gasteiger partial charge >= 0.3 is 0 Å². The largest absolute Gasteiger partial charge is 0.244 e. The van der Waals surface area contributed by atoms with Gasteiger partial charge in [-0.25, -0.2) is 12.8 Å². The first-order valence-electron chi connectivity index (χ1n) is 5.96. The molecule has 0 saturated carbocycles. The third-order valence-electron chi connectivity index (χ3n) is 2.90. The number of sulfonamides is 1. The first kappa shape index (κ1) is 16.2. The average Bonchev–Trinajstić information content (AvgIpc) is 2.43. The number of hydrogen-bond donors (Lipinski definition) is 0. The first-order valence-corrected chi connectivity index (χ1v) is 8.16. The predicted molar refractivity (Wildman–Crippen MR) is 81.5 cm³/mol. The van der Waals surface area contributed by atoms with Crippen LogP contribution in [0.15, 0.2) is 47.4 Å². The molecule has 0 aromatic heterocycles. The molecule has 0 bridgehead atoms. The van der Waals surface area contributed by atoms with Gasteiger partial charge in [-0.3, -0.25) is 0 Å². The van der Waals surface area contributed by atoms with Crippen LogP contribution < -0.4 is 0 Å². The summed E-state index contributed by atoms with van der Waals surface area (Å²) in [5.41, 5.74) is 0.667. The lowest BCUT2D eigenvalue weighted by atomic mass is 10.2.